The van der Waals surface area contributed by atoms with E-state index in [-0.39, 0.29) is 28.0 Å². The number of unbranched alkanes of at least 4 members (excludes halogenated alkanes) is 3. The van der Waals surface area contributed by atoms with Gasteiger partial charge in [0.2, 0.25) is 5.91 Å². The van der Waals surface area contributed by atoms with Gasteiger partial charge in [0, 0.05) is 25.6 Å². The van der Waals surface area contributed by atoms with Crippen LogP contribution in [0.15, 0.2) is 23.4 Å². The van der Waals surface area contributed by atoms with E-state index in [1.165, 1.54) is 6.92 Å². The molecule has 0 aliphatic carbocycles. The molecule has 0 unspecified atom stereocenters. The Bertz CT molecular complexity index is 959. The van der Waals surface area contributed by atoms with Crippen molar-refractivity contribution in [2.45, 2.75) is 46.0 Å². The molecule has 0 radical (unpaired) electrons. The molecule has 2 amide bonds. The molecule has 0 aliphatic heterocycles. The van der Waals surface area contributed by atoms with E-state index >= 15 is 0 Å². The predicted octanol–water partition coefficient (Wildman–Crippen LogP) is 4.51. The maximum Gasteiger partial charge on any atom is 0.303 e. The Hall–Kier alpha value is -3.34. The molecule has 0 atom stereocenters. The van der Waals surface area contributed by atoms with Gasteiger partial charge < -0.3 is 15.7 Å². The van der Waals surface area contributed by atoms with Gasteiger partial charge in [0.1, 0.15) is 0 Å². The number of aliphatic carboxylic acids is 1. The number of hydrogen-bond donors (Lipinski definition) is 4. The lowest BCUT2D eigenvalue weighted by molar-refractivity contribution is -0.137. The number of carboxylic acid groups (broad SMARTS) is 1. The van der Waals surface area contributed by atoms with Gasteiger partial charge in [0.25, 0.3) is 5.91 Å². The maximum atomic E-state index is 12.7. The summed E-state index contributed by atoms with van der Waals surface area (Å²) in [5.41, 5.74) is 1.77. The fourth-order valence-electron chi connectivity index (χ4n) is 2.82. The van der Waals surface area contributed by atoms with Gasteiger partial charge in [-0.2, -0.15) is 0 Å². The monoisotopic (exact) mass is 447 g/mol. The van der Waals surface area contributed by atoms with Crippen LogP contribution in [0.4, 0.5) is 21.5 Å². The van der Waals surface area contributed by atoms with Crippen LogP contribution in [0, 0.1) is 11.8 Å². The molecule has 2 rings (SSSR count). The minimum atomic E-state index is -0.779. The third kappa shape index (κ3) is 7.78. The van der Waals surface area contributed by atoms with Crippen LogP contribution >= 0.6 is 11.3 Å². The fraction of sp³-hybridized carbons (Fsp3) is 0.400. The van der Waals surface area contributed by atoms with E-state index < -0.39 is 11.9 Å². The average molecular weight is 448 g/mol. The molecule has 0 fully saturated rings. The lowest BCUT2D eigenvalue weighted by Crippen LogP contribution is -2.17. The standard InChI is InChI=1S/C20H25N5O5S/c1-12-19(25-30)31-20(22-12)24-18(29)15-9-8-14(11-16(15)23-13(2)26)21-10-6-4-3-5-7-17(27)28/h8-9,11,21H,3-7,10H2,1-2H3,(H,23,26)(H,27,28)(H,22,24,29). The summed E-state index contributed by atoms with van der Waals surface area (Å²) in [6, 6.07) is 5.00. The molecule has 2 aromatic rings. The molecule has 0 aliphatic rings. The Morgan fingerprint density at radius 2 is 1.87 bits per heavy atom. The first-order valence-electron chi connectivity index (χ1n) is 9.79. The highest BCUT2D eigenvalue weighted by molar-refractivity contribution is 7.19. The molecule has 1 aromatic carbocycles. The molecule has 4 N–H and O–H groups in total. The lowest BCUT2D eigenvalue weighted by Gasteiger charge is -2.13. The average Bonchev–Trinajstić information content (AvgIpc) is 3.05. The van der Waals surface area contributed by atoms with Crippen molar-refractivity contribution < 1.29 is 19.5 Å². The van der Waals surface area contributed by atoms with E-state index in [4.69, 9.17) is 5.11 Å². The summed E-state index contributed by atoms with van der Waals surface area (Å²) in [4.78, 5) is 49.6. The van der Waals surface area contributed by atoms with Gasteiger partial charge in [0.15, 0.2) is 10.1 Å². The Morgan fingerprint density at radius 3 is 2.52 bits per heavy atom. The van der Waals surface area contributed by atoms with E-state index in [1.807, 2.05) is 0 Å². The summed E-state index contributed by atoms with van der Waals surface area (Å²) in [6.45, 7) is 3.65. The molecule has 0 bridgehead atoms. The Morgan fingerprint density at radius 1 is 1.13 bits per heavy atom. The predicted molar refractivity (Wildman–Crippen MR) is 120 cm³/mol. The van der Waals surface area contributed by atoms with Crippen LogP contribution in [-0.2, 0) is 9.59 Å². The number of nitroso groups, excluding NO2 is 1. The van der Waals surface area contributed by atoms with E-state index in [2.05, 4.69) is 26.1 Å². The summed E-state index contributed by atoms with van der Waals surface area (Å²) in [5.74, 6) is -1.57. The topological polar surface area (TPSA) is 150 Å². The Labute approximate surface area is 183 Å². The number of carbonyl (C=O) groups is 3. The summed E-state index contributed by atoms with van der Waals surface area (Å²) in [7, 11) is 0. The quantitative estimate of drug-likeness (QED) is 0.276. The van der Waals surface area contributed by atoms with Crippen molar-refractivity contribution in [3.8, 4) is 0 Å². The number of amides is 2. The second-order valence-electron chi connectivity index (χ2n) is 6.88. The molecule has 0 saturated heterocycles. The molecule has 31 heavy (non-hydrogen) atoms. The number of thiazole rings is 1. The van der Waals surface area contributed by atoms with Crippen molar-refractivity contribution in [3.05, 3.63) is 34.4 Å². The first kappa shape index (κ1) is 23.9. The first-order valence-corrected chi connectivity index (χ1v) is 10.6. The van der Waals surface area contributed by atoms with Gasteiger partial charge in [-0.1, -0.05) is 24.2 Å². The Kier molecular flexibility index (Phi) is 9.07. The van der Waals surface area contributed by atoms with Crippen molar-refractivity contribution in [2.75, 3.05) is 22.5 Å². The molecule has 0 saturated carbocycles. The smallest absolute Gasteiger partial charge is 0.303 e. The minimum absolute atomic E-state index is 0.185. The normalized spacial score (nSPS) is 10.4. The highest BCUT2D eigenvalue weighted by Gasteiger charge is 2.16. The molecular formula is C20H25N5O5S. The summed E-state index contributed by atoms with van der Waals surface area (Å²) in [6.07, 6.45) is 3.47. The molecular weight excluding hydrogens is 422 g/mol. The number of nitrogens with one attached hydrogen (secondary N) is 3. The molecule has 166 valence electrons. The summed E-state index contributed by atoms with van der Waals surface area (Å²) < 4.78 is 0. The van der Waals surface area contributed by atoms with E-state index in [1.54, 1.807) is 25.1 Å². The van der Waals surface area contributed by atoms with Gasteiger partial charge in [-0.15, -0.1) is 4.91 Å². The lowest BCUT2D eigenvalue weighted by atomic mass is 10.1. The van der Waals surface area contributed by atoms with Crippen LogP contribution < -0.4 is 16.0 Å². The third-order valence-corrected chi connectivity index (χ3v) is 5.25. The maximum absolute atomic E-state index is 12.7. The first-order chi connectivity index (χ1) is 14.8. The molecule has 1 heterocycles. The van der Waals surface area contributed by atoms with Crippen molar-refractivity contribution in [2.24, 2.45) is 5.18 Å². The van der Waals surface area contributed by atoms with Crippen molar-refractivity contribution in [3.63, 3.8) is 0 Å². The molecule has 11 heteroatoms. The van der Waals surface area contributed by atoms with Crippen LogP contribution in [0.25, 0.3) is 0 Å². The highest BCUT2D eigenvalue weighted by atomic mass is 32.1. The van der Waals surface area contributed by atoms with Crippen LogP contribution in [0.3, 0.4) is 0 Å². The van der Waals surface area contributed by atoms with Gasteiger partial charge in [0.05, 0.1) is 16.9 Å². The third-order valence-electron chi connectivity index (χ3n) is 4.30. The van der Waals surface area contributed by atoms with Crippen molar-refractivity contribution in [1.29, 1.82) is 0 Å². The number of hydrogen-bond acceptors (Lipinski definition) is 8. The molecule has 0 spiro atoms. The molecule has 1 aromatic heterocycles. The number of aromatic nitrogens is 1. The number of nitrogens with zero attached hydrogens (tertiary/aromatic N) is 2. The number of anilines is 3. The number of benzene rings is 1. The zero-order valence-electron chi connectivity index (χ0n) is 17.4. The Balaban J connectivity index is 1.99. The van der Waals surface area contributed by atoms with Crippen molar-refractivity contribution >= 4 is 50.6 Å². The van der Waals surface area contributed by atoms with Gasteiger partial charge >= 0.3 is 5.97 Å². The SMILES string of the molecule is CC(=O)Nc1cc(NCCCCCCC(=O)O)ccc1C(=O)Nc1nc(C)c(N=O)s1. The second-order valence-corrected chi connectivity index (χ2v) is 7.86. The van der Waals surface area contributed by atoms with E-state index in [0.29, 0.717) is 24.3 Å². The minimum Gasteiger partial charge on any atom is -0.481 e. The van der Waals surface area contributed by atoms with Crippen molar-refractivity contribution in [1.82, 2.24) is 4.98 Å². The van der Waals surface area contributed by atoms with Crippen LogP contribution in [0.5, 0.6) is 0 Å². The second kappa shape index (κ2) is 11.7. The van der Waals surface area contributed by atoms with Gasteiger partial charge in [-0.05, 0) is 43.1 Å². The number of carbonyl (C=O) groups excluding carboxylic acids is 2. The highest BCUT2D eigenvalue weighted by Crippen LogP contribution is 2.31. The van der Waals surface area contributed by atoms with Crippen LogP contribution in [0.2, 0.25) is 0 Å². The zero-order chi connectivity index (χ0) is 22.8. The summed E-state index contributed by atoms with van der Waals surface area (Å²) >= 11 is 0.972. The zero-order valence-corrected chi connectivity index (χ0v) is 18.2. The number of carboxylic acids is 1. The number of aryl methyl sites for hydroxylation is 1. The van der Waals surface area contributed by atoms with Crippen LogP contribution in [0.1, 0.15) is 55.1 Å². The van der Waals surface area contributed by atoms with Gasteiger partial charge in [-0.3, -0.25) is 19.7 Å². The van der Waals surface area contributed by atoms with Crippen LogP contribution in [-0.4, -0.2) is 34.4 Å². The largest absolute Gasteiger partial charge is 0.481 e. The number of rotatable bonds is 12. The van der Waals surface area contributed by atoms with E-state index in [0.717, 1.165) is 36.3 Å². The summed E-state index contributed by atoms with van der Waals surface area (Å²) in [5, 5.41) is 20.4. The molecule has 10 nitrogen and oxygen atoms in total. The van der Waals surface area contributed by atoms with Gasteiger partial charge in [-0.25, -0.2) is 4.98 Å². The fourth-order valence-corrected chi connectivity index (χ4v) is 3.56. The van der Waals surface area contributed by atoms with E-state index in [9.17, 15) is 19.3 Å².